The molecule has 0 radical (unpaired) electrons. The van der Waals surface area contributed by atoms with Gasteiger partial charge in [0, 0.05) is 4.88 Å². The third kappa shape index (κ3) is 1.97. The summed E-state index contributed by atoms with van der Waals surface area (Å²) in [5, 5.41) is 0. The Balaban J connectivity index is 2.08. The summed E-state index contributed by atoms with van der Waals surface area (Å²) in [5.41, 5.74) is -0.754. The van der Waals surface area contributed by atoms with Crippen LogP contribution in [0.25, 0.3) is 0 Å². The minimum atomic E-state index is -1.01. The molecule has 0 fully saturated rings. The van der Waals surface area contributed by atoms with Crippen molar-refractivity contribution in [1.82, 2.24) is 0 Å². The molecule has 0 N–H and O–H groups in total. The van der Waals surface area contributed by atoms with Crippen LogP contribution in [0.5, 0.6) is 0 Å². The van der Waals surface area contributed by atoms with Gasteiger partial charge in [0.1, 0.15) is 11.6 Å². The van der Waals surface area contributed by atoms with Gasteiger partial charge in [-0.1, -0.05) is 0 Å². The predicted molar refractivity (Wildman–Crippen MR) is 73.9 cm³/mol. The highest BCUT2D eigenvalue weighted by atomic mass is 79.9. The highest BCUT2D eigenvalue weighted by Crippen LogP contribution is 2.35. The molecule has 102 valence electrons. The molecule has 0 bridgehead atoms. The number of amides is 1. The zero-order chi connectivity index (χ0) is 14.4. The van der Waals surface area contributed by atoms with Crippen molar-refractivity contribution in [1.29, 1.82) is 0 Å². The van der Waals surface area contributed by atoms with E-state index >= 15 is 0 Å². The number of hydrogen-bond donors (Lipinski definition) is 0. The Kier molecular flexibility index (Phi) is 3.18. The minimum Gasteiger partial charge on any atom is -0.297 e. The summed E-state index contributed by atoms with van der Waals surface area (Å²) in [5.74, 6) is -3.58. The molecule has 20 heavy (non-hydrogen) atoms. The summed E-state index contributed by atoms with van der Waals surface area (Å²) in [6.45, 7) is 0.0359. The number of thiophene rings is 1. The molecule has 0 spiro atoms. The molecular formula is C13H6BrF2NO2S. The number of carbonyl (C=O) groups is 2. The number of anilines is 1. The number of fused-ring (bicyclic) bond motifs is 1. The fourth-order valence-corrected chi connectivity index (χ4v) is 3.57. The molecule has 0 aliphatic carbocycles. The largest absolute Gasteiger partial charge is 0.300 e. The quantitative estimate of drug-likeness (QED) is 0.771. The van der Waals surface area contributed by atoms with E-state index in [1.165, 1.54) is 11.3 Å². The Morgan fingerprint density at radius 3 is 2.45 bits per heavy atom. The molecule has 2 aromatic rings. The molecule has 1 aliphatic rings. The molecule has 1 aromatic heterocycles. The van der Waals surface area contributed by atoms with Gasteiger partial charge in [0.2, 0.25) is 0 Å². The molecule has 0 saturated heterocycles. The fraction of sp³-hybridized carbons (Fsp3) is 0.0769. The molecular weight excluding hydrogens is 352 g/mol. The summed E-state index contributed by atoms with van der Waals surface area (Å²) < 4.78 is 28.3. The predicted octanol–water partition coefficient (Wildman–Crippen LogP) is 3.52. The molecule has 2 heterocycles. The number of benzene rings is 1. The summed E-state index contributed by atoms with van der Waals surface area (Å²) in [6, 6.07) is 5.30. The van der Waals surface area contributed by atoms with Crippen LogP contribution >= 0.6 is 27.3 Å². The second-order valence-corrected chi connectivity index (χ2v) is 6.73. The van der Waals surface area contributed by atoms with Crippen molar-refractivity contribution in [3.8, 4) is 0 Å². The van der Waals surface area contributed by atoms with Gasteiger partial charge in [-0.05, 0) is 40.2 Å². The van der Waals surface area contributed by atoms with Crippen molar-refractivity contribution < 1.29 is 18.4 Å². The van der Waals surface area contributed by atoms with Crippen molar-refractivity contribution in [2.24, 2.45) is 0 Å². The summed E-state index contributed by atoms with van der Waals surface area (Å²) in [6.07, 6.45) is 0. The molecule has 0 unspecified atom stereocenters. The van der Waals surface area contributed by atoms with Gasteiger partial charge in [0.25, 0.3) is 11.7 Å². The first-order valence-corrected chi connectivity index (χ1v) is 7.18. The van der Waals surface area contributed by atoms with E-state index in [0.29, 0.717) is 0 Å². The van der Waals surface area contributed by atoms with Gasteiger partial charge in [0.15, 0.2) is 0 Å². The second kappa shape index (κ2) is 4.75. The number of carbonyl (C=O) groups excluding carboxylic acids is 2. The van der Waals surface area contributed by atoms with Crippen LogP contribution < -0.4 is 4.90 Å². The molecule has 1 aromatic carbocycles. The van der Waals surface area contributed by atoms with Gasteiger partial charge in [-0.3, -0.25) is 14.5 Å². The first-order chi connectivity index (χ1) is 9.49. The maximum Gasteiger partial charge on any atom is 0.300 e. The Morgan fingerprint density at radius 2 is 1.80 bits per heavy atom. The highest BCUT2D eigenvalue weighted by molar-refractivity contribution is 9.11. The topological polar surface area (TPSA) is 37.4 Å². The third-order valence-electron chi connectivity index (χ3n) is 2.96. The van der Waals surface area contributed by atoms with E-state index in [1.807, 2.05) is 0 Å². The second-order valence-electron chi connectivity index (χ2n) is 4.18. The van der Waals surface area contributed by atoms with Crippen LogP contribution in [0.15, 0.2) is 28.1 Å². The van der Waals surface area contributed by atoms with Crippen LogP contribution in [0.3, 0.4) is 0 Å². The molecule has 7 heteroatoms. The lowest BCUT2D eigenvalue weighted by Crippen LogP contribution is -2.29. The number of Topliss-reactive ketones (excluding diaryl/α,β-unsaturated/α-hetero) is 1. The zero-order valence-corrected chi connectivity index (χ0v) is 12.2. The van der Waals surface area contributed by atoms with Crippen LogP contribution in [0.4, 0.5) is 14.5 Å². The normalized spacial score (nSPS) is 14.1. The monoisotopic (exact) mass is 357 g/mol. The van der Waals surface area contributed by atoms with E-state index in [4.69, 9.17) is 0 Å². The van der Waals surface area contributed by atoms with Crippen LogP contribution in [0, 0.1) is 11.6 Å². The Bertz CT molecular complexity index is 744. The summed E-state index contributed by atoms with van der Waals surface area (Å²) in [7, 11) is 0. The molecule has 1 aliphatic heterocycles. The Morgan fingerprint density at radius 1 is 1.10 bits per heavy atom. The van der Waals surface area contributed by atoms with Gasteiger partial charge < -0.3 is 0 Å². The first kappa shape index (κ1) is 13.4. The maximum absolute atomic E-state index is 13.9. The average Bonchev–Trinajstić information content (AvgIpc) is 2.92. The number of hydrogen-bond acceptors (Lipinski definition) is 3. The lowest BCUT2D eigenvalue weighted by molar-refractivity contribution is -0.114. The van der Waals surface area contributed by atoms with E-state index < -0.39 is 28.9 Å². The number of nitrogens with zero attached hydrogens (tertiary/aromatic N) is 1. The fourth-order valence-electron chi connectivity index (χ4n) is 2.10. The highest BCUT2D eigenvalue weighted by Gasteiger charge is 2.40. The van der Waals surface area contributed by atoms with Crippen molar-refractivity contribution in [3.63, 3.8) is 0 Å². The molecule has 0 atom stereocenters. The SMILES string of the molecule is O=C1C(=O)N(Cc2ccc(Br)s2)c2c(F)ccc(F)c21. The number of halogens is 3. The lowest BCUT2D eigenvalue weighted by atomic mass is 10.1. The van der Waals surface area contributed by atoms with Gasteiger partial charge in [-0.15, -0.1) is 11.3 Å². The van der Waals surface area contributed by atoms with E-state index in [2.05, 4.69) is 15.9 Å². The number of rotatable bonds is 2. The minimum absolute atomic E-state index is 0.0359. The molecule has 3 rings (SSSR count). The summed E-state index contributed by atoms with van der Waals surface area (Å²) >= 11 is 4.64. The van der Waals surface area contributed by atoms with Crippen molar-refractivity contribution in [2.45, 2.75) is 6.54 Å². The van der Waals surface area contributed by atoms with Gasteiger partial charge in [0.05, 0.1) is 21.6 Å². The van der Waals surface area contributed by atoms with Crippen LogP contribution in [-0.4, -0.2) is 11.7 Å². The van der Waals surface area contributed by atoms with Gasteiger partial charge >= 0.3 is 0 Å². The zero-order valence-electron chi connectivity index (χ0n) is 9.82. The molecule has 0 saturated carbocycles. The third-order valence-corrected chi connectivity index (χ3v) is 4.57. The van der Waals surface area contributed by atoms with E-state index in [1.54, 1.807) is 12.1 Å². The van der Waals surface area contributed by atoms with Crippen LogP contribution in [0.1, 0.15) is 15.2 Å². The average molecular weight is 358 g/mol. The van der Waals surface area contributed by atoms with Crippen LogP contribution in [0.2, 0.25) is 0 Å². The standard InChI is InChI=1S/C13H6BrF2NO2S/c14-9-4-1-6(20-9)5-17-11-8(16)3-2-7(15)10(11)12(18)13(17)19/h1-4H,5H2. The van der Waals surface area contributed by atoms with Gasteiger partial charge in [-0.25, -0.2) is 8.78 Å². The summed E-state index contributed by atoms with van der Waals surface area (Å²) in [4.78, 5) is 25.4. The Labute approximate surface area is 124 Å². The van der Waals surface area contributed by atoms with E-state index in [-0.39, 0.29) is 12.2 Å². The number of ketones is 1. The van der Waals surface area contributed by atoms with E-state index in [9.17, 15) is 18.4 Å². The first-order valence-electron chi connectivity index (χ1n) is 5.57. The Hall–Kier alpha value is -1.60. The smallest absolute Gasteiger partial charge is 0.297 e. The maximum atomic E-state index is 13.9. The van der Waals surface area contributed by atoms with E-state index in [0.717, 1.165) is 25.7 Å². The lowest BCUT2D eigenvalue weighted by Gasteiger charge is -2.15. The molecule has 3 nitrogen and oxygen atoms in total. The van der Waals surface area contributed by atoms with Crippen molar-refractivity contribution in [2.75, 3.05) is 4.90 Å². The van der Waals surface area contributed by atoms with Crippen molar-refractivity contribution >= 4 is 44.6 Å². The molecule has 1 amide bonds. The van der Waals surface area contributed by atoms with Gasteiger partial charge in [-0.2, -0.15) is 0 Å². The van der Waals surface area contributed by atoms with Crippen LogP contribution in [-0.2, 0) is 11.3 Å². The van der Waals surface area contributed by atoms with Crippen molar-refractivity contribution in [3.05, 3.63) is 50.1 Å².